The maximum absolute atomic E-state index is 12.0. The normalized spacial score (nSPS) is 10.1. The number of anilines is 1. The molecule has 1 heterocycles. The number of aromatic nitrogens is 3. The molecule has 7 heteroatoms. The van der Waals surface area contributed by atoms with Crippen molar-refractivity contribution < 1.29 is 9.59 Å². The summed E-state index contributed by atoms with van der Waals surface area (Å²) >= 11 is 0. The van der Waals surface area contributed by atoms with Crippen LogP contribution in [-0.4, -0.2) is 26.7 Å². The van der Waals surface area contributed by atoms with Crippen LogP contribution in [0.15, 0.2) is 36.9 Å². The lowest BCUT2D eigenvalue weighted by atomic mass is 10.2. The van der Waals surface area contributed by atoms with Gasteiger partial charge in [-0.2, -0.15) is 0 Å². The first kappa shape index (κ1) is 14.7. The van der Waals surface area contributed by atoms with E-state index < -0.39 is 0 Å². The van der Waals surface area contributed by atoms with Crippen LogP contribution in [0.3, 0.4) is 0 Å². The van der Waals surface area contributed by atoms with Crippen LogP contribution >= 0.6 is 0 Å². The van der Waals surface area contributed by atoms with E-state index in [-0.39, 0.29) is 11.8 Å². The Labute approximate surface area is 122 Å². The van der Waals surface area contributed by atoms with Crippen LogP contribution in [-0.2, 0) is 4.79 Å². The van der Waals surface area contributed by atoms with Crippen molar-refractivity contribution in [1.82, 2.24) is 14.9 Å². The van der Waals surface area contributed by atoms with E-state index in [0.717, 1.165) is 12.8 Å². The fourth-order valence-corrected chi connectivity index (χ4v) is 1.74. The van der Waals surface area contributed by atoms with Gasteiger partial charge in [0.1, 0.15) is 12.7 Å². The molecule has 0 fully saturated rings. The average molecular weight is 287 g/mol. The van der Waals surface area contributed by atoms with Crippen LogP contribution in [0.2, 0.25) is 0 Å². The van der Waals surface area contributed by atoms with Gasteiger partial charge in [0.2, 0.25) is 5.91 Å². The maximum atomic E-state index is 12.0. The Morgan fingerprint density at radius 3 is 2.71 bits per heavy atom. The first-order valence-corrected chi connectivity index (χ1v) is 6.75. The minimum Gasteiger partial charge on any atom is -0.326 e. The van der Waals surface area contributed by atoms with E-state index in [1.54, 1.807) is 24.3 Å². The van der Waals surface area contributed by atoms with Crippen LogP contribution < -0.4 is 10.7 Å². The fourth-order valence-electron chi connectivity index (χ4n) is 1.74. The summed E-state index contributed by atoms with van der Waals surface area (Å²) in [7, 11) is 0. The van der Waals surface area contributed by atoms with Crippen LogP contribution in [0.25, 0.3) is 0 Å². The van der Waals surface area contributed by atoms with Gasteiger partial charge in [-0.25, -0.2) is 4.68 Å². The number of unbranched alkanes of at least 4 members (excludes halogenated alkanes) is 1. The number of carbonyl (C=O) groups excluding carboxylic acids is 2. The molecule has 21 heavy (non-hydrogen) atoms. The molecule has 0 saturated heterocycles. The summed E-state index contributed by atoms with van der Waals surface area (Å²) in [6.07, 6.45) is 5.06. The van der Waals surface area contributed by atoms with Crippen molar-refractivity contribution in [3.05, 3.63) is 42.5 Å². The van der Waals surface area contributed by atoms with Crippen molar-refractivity contribution in [1.29, 1.82) is 0 Å². The van der Waals surface area contributed by atoms with Gasteiger partial charge in [0.25, 0.3) is 5.91 Å². The molecular weight excluding hydrogens is 270 g/mol. The van der Waals surface area contributed by atoms with Crippen molar-refractivity contribution in [2.24, 2.45) is 0 Å². The Kier molecular flexibility index (Phi) is 5.03. The maximum Gasteiger partial charge on any atom is 0.270 e. The van der Waals surface area contributed by atoms with Gasteiger partial charge in [0.05, 0.1) is 0 Å². The van der Waals surface area contributed by atoms with Crippen LogP contribution in [0.4, 0.5) is 5.69 Å². The Morgan fingerprint density at radius 2 is 2.00 bits per heavy atom. The smallest absolute Gasteiger partial charge is 0.270 e. The molecule has 110 valence electrons. The minimum absolute atomic E-state index is 0.0479. The number of nitrogens with one attached hydrogen (secondary N) is 2. The quantitative estimate of drug-likeness (QED) is 0.847. The molecule has 0 unspecified atom stereocenters. The second kappa shape index (κ2) is 7.18. The number of hydrogen-bond donors (Lipinski definition) is 2. The number of hydrogen-bond acceptors (Lipinski definition) is 4. The monoisotopic (exact) mass is 287 g/mol. The number of rotatable bonds is 6. The molecule has 0 aliphatic rings. The Hall–Kier alpha value is -2.70. The van der Waals surface area contributed by atoms with E-state index in [4.69, 9.17) is 0 Å². The molecule has 7 nitrogen and oxygen atoms in total. The molecular formula is C14H17N5O2. The van der Waals surface area contributed by atoms with E-state index in [0.29, 0.717) is 17.7 Å². The van der Waals surface area contributed by atoms with Crippen LogP contribution in [0.5, 0.6) is 0 Å². The zero-order valence-electron chi connectivity index (χ0n) is 11.7. The second-order valence-electron chi connectivity index (χ2n) is 4.54. The highest BCUT2D eigenvalue weighted by molar-refractivity contribution is 6.01. The molecule has 2 rings (SSSR count). The van der Waals surface area contributed by atoms with Crippen LogP contribution in [0.1, 0.15) is 36.5 Å². The standard InChI is InChI=1S/C14H17N5O2/c1-2-3-7-13(20)17-12-6-4-5-11(8-12)14(21)18-19-9-15-16-10-19/h4-6,8-10H,2-3,7H2,1H3,(H,17,20)(H,18,21). The Balaban J connectivity index is 2.00. The van der Waals surface area contributed by atoms with Crippen molar-refractivity contribution in [2.45, 2.75) is 26.2 Å². The summed E-state index contributed by atoms with van der Waals surface area (Å²) < 4.78 is 1.36. The minimum atomic E-state index is -0.306. The number of carbonyl (C=O) groups is 2. The third-order valence-corrected chi connectivity index (χ3v) is 2.82. The highest BCUT2D eigenvalue weighted by atomic mass is 16.2. The zero-order chi connectivity index (χ0) is 15.1. The molecule has 0 saturated carbocycles. The van der Waals surface area contributed by atoms with Gasteiger partial charge in [-0.3, -0.25) is 15.0 Å². The molecule has 0 spiro atoms. The van der Waals surface area contributed by atoms with E-state index in [2.05, 4.69) is 20.9 Å². The van der Waals surface area contributed by atoms with Crippen molar-refractivity contribution in [3.63, 3.8) is 0 Å². The summed E-state index contributed by atoms with van der Waals surface area (Å²) in [6, 6.07) is 6.76. The summed E-state index contributed by atoms with van der Waals surface area (Å²) in [4.78, 5) is 23.7. The van der Waals surface area contributed by atoms with Gasteiger partial charge in [-0.1, -0.05) is 19.4 Å². The van der Waals surface area contributed by atoms with Gasteiger partial charge < -0.3 is 5.32 Å². The fraction of sp³-hybridized carbons (Fsp3) is 0.286. The molecule has 2 N–H and O–H groups in total. The summed E-state index contributed by atoms with van der Waals surface area (Å²) in [5.74, 6) is -0.354. The SMILES string of the molecule is CCCCC(=O)Nc1cccc(C(=O)Nn2cnnc2)c1. The van der Waals surface area contributed by atoms with Gasteiger partial charge in [0.15, 0.2) is 0 Å². The molecule has 1 aromatic heterocycles. The first-order chi connectivity index (χ1) is 10.2. The third kappa shape index (κ3) is 4.41. The number of nitrogens with zero attached hydrogens (tertiary/aromatic N) is 3. The van der Waals surface area contributed by atoms with Crippen molar-refractivity contribution >= 4 is 17.5 Å². The Morgan fingerprint density at radius 1 is 1.24 bits per heavy atom. The predicted molar refractivity (Wildman–Crippen MR) is 78.3 cm³/mol. The molecule has 2 amide bonds. The largest absolute Gasteiger partial charge is 0.326 e. The van der Waals surface area contributed by atoms with Crippen molar-refractivity contribution in [2.75, 3.05) is 10.7 Å². The molecule has 0 bridgehead atoms. The molecule has 0 radical (unpaired) electrons. The van der Waals surface area contributed by atoms with E-state index in [1.165, 1.54) is 17.3 Å². The Bertz CT molecular complexity index is 610. The van der Waals surface area contributed by atoms with E-state index in [1.807, 2.05) is 6.92 Å². The molecule has 0 aliphatic carbocycles. The van der Waals surface area contributed by atoms with E-state index in [9.17, 15) is 9.59 Å². The second-order valence-corrected chi connectivity index (χ2v) is 4.54. The summed E-state index contributed by atoms with van der Waals surface area (Å²) in [6.45, 7) is 2.03. The lowest BCUT2D eigenvalue weighted by molar-refractivity contribution is -0.116. The van der Waals surface area contributed by atoms with Gasteiger partial charge in [0, 0.05) is 17.7 Å². The lowest BCUT2D eigenvalue weighted by Crippen LogP contribution is -2.21. The molecule has 2 aromatic rings. The highest BCUT2D eigenvalue weighted by Gasteiger charge is 2.08. The van der Waals surface area contributed by atoms with E-state index >= 15 is 0 Å². The number of amides is 2. The first-order valence-electron chi connectivity index (χ1n) is 6.75. The number of benzene rings is 1. The lowest BCUT2D eigenvalue weighted by Gasteiger charge is -2.08. The van der Waals surface area contributed by atoms with Gasteiger partial charge in [-0.05, 0) is 24.6 Å². The molecule has 0 atom stereocenters. The van der Waals surface area contributed by atoms with Crippen LogP contribution in [0, 0.1) is 0 Å². The summed E-state index contributed by atoms with van der Waals surface area (Å²) in [5.41, 5.74) is 3.64. The third-order valence-electron chi connectivity index (χ3n) is 2.82. The van der Waals surface area contributed by atoms with Gasteiger partial charge in [-0.15, -0.1) is 10.2 Å². The van der Waals surface area contributed by atoms with Gasteiger partial charge >= 0.3 is 0 Å². The highest BCUT2D eigenvalue weighted by Crippen LogP contribution is 2.12. The zero-order valence-corrected chi connectivity index (χ0v) is 11.7. The summed E-state index contributed by atoms with van der Waals surface area (Å²) in [5, 5.41) is 9.97. The van der Waals surface area contributed by atoms with Crippen molar-refractivity contribution in [3.8, 4) is 0 Å². The molecule has 0 aliphatic heterocycles. The molecule has 1 aromatic carbocycles. The average Bonchev–Trinajstić information content (AvgIpc) is 2.98. The predicted octanol–water partition coefficient (Wildman–Crippen LogP) is 1.79. The topological polar surface area (TPSA) is 88.9 Å².